The van der Waals surface area contributed by atoms with Gasteiger partial charge in [-0.1, -0.05) is 54.0 Å². The van der Waals surface area contributed by atoms with Gasteiger partial charge in [0.1, 0.15) is 5.75 Å². The monoisotopic (exact) mass is 374 g/mol. The lowest BCUT2D eigenvalue weighted by Gasteiger charge is -2.24. The van der Waals surface area contributed by atoms with E-state index in [-0.39, 0.29) is 6.10 Å². The molecule has 0 aromatic heterocycles. The first-order chi connectivity index (χ1) is 9.33. The third kappa shape index (κ3) is 4.63. The minimum atomic E-state index is 0.192. The van der Waals surface area contributed by atoms with Crippen LogP contribution in [0.1, 0.15) is 43.8 Å². The number of alkyl halides is 1. The summed E-state index contributed by atoms with van der Waals surface area (Å²) in [4.78, 5) is 0. The van der Waals surface area contributed by atoms with E-state index >= 15 is 0 Å². The SMILES string of the molecule is COc1cccc(C(CI)OCC2CCCCC2)c1. The summed E-state index contributed by atoms with van der Waals surface area (Å²) in [7, 11) is 1.71. The Hall–Kier alpha value is -0.290. The number of hydrogen-bond acceptors (Lipinski definition) is 2. The van der Waals surface area contributed by atoms with Gasteiger partial charge in [-0.2, -0.15) is 0 Å². The molecule has 0 heterocycles. The summed E-state index contributed by atoms with van der Waals surface area (Å²) < 4.78 is 12.4. The molecule has 1 fully saturated rings. The van der Waals surface area contributed by atoms with Gasteiger partial charge in [0.25, 0.3) is 0 Å². The molecule has 0 bridgehead atoms. The third-order valence-electron chi connectivity index (χ3n) is 3.86. The maximum atomic E-state index is 6.15. The fourth-order valence-electron chi connectivity index (χ4n) is 2.68. The Kier molecular flexibility index (Phi) is 6.44. The minimum absolute atomic E-state index is 0.192. The molecule has 19 heavy (non-hydrogen) atoms. The van der Waals surface area contributed by atoms with Crippen molar-refractivity contribution in [1.29, 1.82) is 0 Å². The van der Waals surface area contributed by atoms with Crippen LogP contribution in [0.3, 0.4) is 0 Å². The van der Waals surface area contributed by atoms with Crippen LogP contribution in [-0.2, 0) is 4.74 Å². The smallest absolute Gasteiger partial charge is 0.119 e. The molecule has 1 saturated carbocycles. The summed E-state index contributed by atoms with van der Waals surface area (Å²) in [6.07, 6.45) is 7.03. The number of ether oxygens (including phenoxy) is 2. The van der Waals surface area contributed by atoms with Crippen LogP contribution in [0.15, 0.2) is 24.3 Å². The van der Waals surface area contributed by atoms with Crippen LogP contribution in [0.2, 0.25) is 0 Å². The first-order valence-corrected chi connectivity index (χ1v) is 8.67. The molecule has 0 saturated heterocycles. The van der Waals surface area contributed by atoms with E-state index in [1.165, 1.54) is 37.7 Å². The van der Waals surface area contributed by atoms with Gasteiger partial charge in [-0.05, 0) is 36.5 Å². The summed E-state index contributed by atoms with van der Waals surface area (Å²) in [6, 6.07) is 8.24. The first-order valence-electron chi connectivity index (χ1n) is 7.15. The van der Waals surface area contributed by atoms with Crippen LogP contribution in [0.25, 0.3) is 0 Å². The van der Waals surface area contributed by atoms with Crippen molar-refractivity contribution in [2.75, 3.05) is 18.1 Å². The van der Waals surface area contributed by atoms with Crippen molar-refractivity contribution in [1.82, 2.24) is 0 Å². The highest BCUT2D eigenvalue weighted by Crippen LogP contribution is 2.28. The number of rotatable bonds is 6. The highest BCUT2D eigenvalue weighted by Gasteiger charge is 2.17. The van der Waals surface area contributed by atoms with Crippen LogP contribution in [0.5, 0.6) is 5.75 Å². The van der Waals surface area contributed by atoms with Gasteiger partial charge in [0.05, 0.1) is 19.8 Å². The van der Waals surface area contributed by atoms with Crippen LogP contribution >= 0.6 is 22.6 Å². The molecule has 0 spiro atoms. The summed E-state index contributed by atoms with van der Waals surface area (Å²) in [5, 5.41) is 0. The van der Waals surface area contributed by atoms with E-state index in [0.29, 0.717) is 0 Å². The summed E-state index contributed by atoms with van der Waals surface area (Å²) in [6.45, 7) is 0.908. The Bertz CT molecular complexity index is 375. The number of hydrogen-bond donors (Lipinski definition) is 0. The van der Waals surface area contributed by atoms with E-state index in [9.17, 15) is 0 Å². The molecule has 1 unspecified atom stereocenters. The van der Waals surface area contributed by atoms with E-state index in [4.69, 9.17) is 9.47 Å². The second kappa shape index (κ2) is 8.10. The molecule has 1 aliphatic carbocycles. The number of benzene rings is 1. The molecule has 2 rings (SSSR count). The zero-order valence-electron chi connectivity index (χ0n) is 11.6. The highest BCUT2D eigenvalue weighted by molar-refractivity contribution is 14.1. The topological polar surface area (TPSA) is 18.5 Å². The quantitative estimate of drug-likeness (QED) is 0.528. The predicted molar refractivity (Wildman–Crippen MR) is 87.1 cm³/mol. The van der Waals surface area contributed by atoms with Gasteiger partial charge in [-0.15, -0.1) is 0 Å². The summed E-state index contributed by atoms with van der Waals surface area (Å²) in [5.41, 5.74) is 1.23. The summed E-state index contributed by atoms with van der Waals surface area (Å²) in [5.74, 6) is 1.68. The predicted octanol–water partition coefficient (Wildman–Crippen LogP) is 4.77. The fraction of sp³-hybridized carbons (Fsp3) is 0.625. The molecular weight excluding hydrogens is 351 g/mol. The van der Waals surface area contributed by atoms with Crippen LogP contribution < -0.4 is 4.74 Å². The van der Waals surface area contributed by atoms with Crippen molar-refractivity contribution >= 4 is 22.6 Å². The molecule has 1 aliphatic rings. The van der Waals surface area contributed by atoms with E-state index in [1.54, 1.807) is 7.11 Å². The largest absolute Gasteiger partial charge is 0.497 e. The fourth-order valence-corrected chi connectivity index (χ4v) is 3.44. The number of halogens is 1. The van der Waals surface area contributed by atoms with E-state index in [2.05, 4.69) is 34.7 Å². The van der Waals surface area contributed by atoms with Crippen LogP contribution in [-0.4, -0.2) is 18.1 Å². The molecule has 106 valence electrons. The van der Waals surface area contributed by atoms with Gasteiger partial charge in [0.15, 0.2) is 0 Å². The Morgan fingerprint density at radius 1 is 1.26 bits per heavy atom. The van der Waals surface area contributed by atoms with Crippen LogP contribution in [0, 0.1) is 5.92 Å². The van der Waals surface area contributed by atoms with Crippen molar-refractivity contribution in [2.45, 2.75) is 38.2 Å². The molecule has 2 nitrogen and oxygen atoms in total. The van der Waals surface area contributed by atoms with E-state index < -0.39 is 0 Å². The van der Waals surface area contributed by atoms with E-state index in [1.807, 2.05) is 12.1 Å². The van der Waals surface area contributed by atoms with Gasteiger partial charge in [-0.25, -0.2) is 0 Å². The van der Waals surface area contributed by atoms with Gasteiger partial charge < -0.3 is 9.47 Å². The molecule has 0 amide bonds. The van der Waals surface area contributed by atoms with Crippen molar-refractivity contribution in [3.8, 4) is 5.75 Å². The molecule has 1 aromatic carbocycles. The van der Waals surface area contributed by atoms with Crippen molar-refractivity contribution in [2.24, 2.45) is 5.92 Å². The lowest BCUT2D eigenvalue weighted by molar-refractivity contribution is 0.0344. The maximum absolute atomic E-state index is 6.15. The Morgan fingerprint density at radius 3 is 2.74 bits per heavy atom. The minimum Gasteiger partial charge on any atom is -0.497 e. The van der Waals surface area contributed by atoms with Crippen molar-refractivity contribution < 1.29 is 9.47 Å². The molecule has 1 aromatic rings. The van der Waals surface area contributed by atoms with Crippen molar-refractivity contribution in [3.63, 3.8) is 0 Å². The zero-order valence-corrected chi connectivity index (χ0v) is 13.8. The number of methoxy groups -OCH3 is 1. The summed E-state index contributed by atoms with van der Waals surface area (Å²) >= 11 is 2.41. The highest BCUT2D eigenvalue weighted by atomic mass is 127. The normalized spacial score (nSPS) is 18.2. The van der Waals surface area contributed by atoms with Crippen LogP contribution in [0.4, 0.5) is 0 Å². The van der Waals surface area contributed by atoms with E-state index in [0.717, 1.165) is 22.7 Å². The van der Waals surface area contributed by atoms with Gasteiger partial charge >= 0.3 is 0 Å². The standard InChI is InChI=1S/C16H23IO2/c1-18-15-9-5-8-14(10-15)16(11-17)19-12-13-6-3-2-4-7-13/h5,8-10,13,16H,2-4,6-7,11-12H2,1H3. The van der Waals surface area contributed by atoms with Gasteiger partial charge in [0, 0.05) is 4.43 Å². The Labute approximate surface area is 130 Å². The lowest BCUT2D eigenvalue weighted by atomic mass is 9.90. The van der Waals surface area contributed by atoms with Crippen molar-refractivity contribution in [3.05, 3.63) is 29.8 Å². The molecule has 0 N–H and O–H groups in total. The second-order valence-electron chi connectivity index (χ2n) is 5.26. The van der Waals surface area contributed by atoms with Gasteiger partial charge in [0.2, 0.25) is 0 Å². The zero-order chi connectivity index (χ0) is 13.5. The molecular formula is C16H23IO2. The average Bonchev–Trinajstić information content (AvgIpc) is 2.49. The maximum Gasteiger partial charge on any atom is 0.119 e. The molecule has 0 aliphatic heterocycles. The Balaban J connectivity index is 1.91. The van der Waals surface area contributed by atoms with Gasteiger partial charge in [-0.3, -0.25) is 0 Å². The lowest BCUT2D eigenvalue weighted by Crippen LogP contribution is -2.16. The molecule has 1 atom stereocenters. The molecule has 0 radical (unpaired) electrons. The second-order valence-corrected chi connectivity index (χ2v) is 6.14. The third-order valence-corrected chi connectivity index (χ3v) is 4.66. The first kappa shape index (κ1) is 15.1. The average molecular weight is 374 g/mol. The Morgan fingerprint density at radius 2 is 2.05 bits per heavy atom. The molecule has 3 heteroatoms.